The molecule has 0 atom stereocenters. The fourth-order valence-electron chi connectivity index (χ4n) is 2.88. The molecule has 3 aromatic rings. The molecule has 0 aliphatic heterocycles. The molecule has 0 saturated carbocycles. The van der Waals surface area contributed by atoms with Gasteiger partial charge in [0.15, 0.2) is 0 Å². The first-order valence-electron chi connectivity index (χ1n) is 8.93. The van der Waals surface area contributed by atoms with Gasteiger partial charge in [0.1, 0.15) is 0 Å². The van der Waals surface area contributed by atoms with E-state index in [4.69, 9.17) is 4.84 Å². The van der Waals surface area contributed by atoms with Crippen molar-refractivity contribution in [1.29, 1.82) is 0 Å². The molecule has 0 aliphatic rings. The fourth-order valence-corrected chi connectivity index (χ4v) is 2.88. The van der Waals surface area contributed by atoms with E-state index in [0.717, 1.165) is 19.5 Å². The fraction of sp³-hybridized carbons (Fsp3) is 0.273. The number of fused-ring (bicyclic) bond motifs is 2. The predicted molar refractivity (Wildman–Crippen MR) is 109 cm³/mol. The molecule has 0 amide bonds. The number of benzene rings is 3. The Labute approximate surface area is 199 Å². The Kier molecular flexibility index (Phi) is 12.1. The SMILES string of the molecule is C=C[N-]OCCCNCc1c2ccccc2cc2ccccc12.CC.[K+]. The van der Waals surface area contributed by atoms with Gasteiger partial charge in [0.2, 0.25) is 0 Å². The maximum atomic E-state index is 5.04. The van der Waals surface area contributed by atoms with Gasteiger partial charge >= 0.3 is 51.4 Å². The van der Waals surface area contributed by atoms with Gasteiger partial charge in [-0.2, -0.15) is 6.20 Å². The van der Waals surface area contributed by atoms with Crippen LogP contribution >= 0.6 is 0 Å². The van der Waals surface area contributed by atoms with Crippen LogP contribution < -0.4 is 56.7 Å². The van der Waals surface area contributed by atoms with Crippen LogP contribution in [0, 0.1) is 0 Å². The molecular formula is C22H27KN2O. The van der Waals surface area contributed by atoms with Crippen molar-refractivity contribution < 1.29 is 56.2 Å². The summed E-state index contributed by atoms with van der Waals surface area (Å²) in [5.74, 6) is 0. The van der Waals surface area contributed by atoms with Crippen LogP contribution in [0.4, 0.5) is 0 Å². The second-order valence-electron chi connectivity index (χ2n) is 5.45. The molecule has 0 saturated heterocycles. The third-order valence-electron chi connectivity index (χ3n) is 3.92. The Bertz CT molecular complexity index is 750. The van der Waals surface area contributed by atoms with Crippen LogP contribution in [0.25, 0.3) is 27.0 Å². The zero-order valence-corrected chi connectivity index (χ0v) is 19.3. The van der Waals surface area contributed by atoms with Crippen LogP contribution in [0.3, 0.4) is 0 Å². The van der Waals surface area contributed by atoms with E-state index in [9.17, 15) is 0 Å². The molecular weight excluding hydrogens is 347 g/mol. The Hall–Kier alpha value is -0.724. The van der Waals surface area contributed by atoms with Crippen LogP contribution in [0.5, 0.6) is 0 Å². The molecule has 3 aromatic carbocycles. The van der Waals surface area contributed by atoms with Crippen LogP contribution in [-0.4, -0.2) is 13.2 Å². The smallest absolute Gasteiger partial charge is 0.569 e. The molecule has 0 bridgehead atoms. The number of hydroxylamine groups is 1. The number of nitrogens with zero attached hydrogens (tertiary/aromatic N) is 1. The molecule has 0 unspecified atom stereocenters. The van der Waals surface area contributed by atoms with Crippen molar-refractivity contribution in [1.82, 2.24) is 5.32 Å². The van der Waals surface area contributed by atoms with Gasteiger partial charge in [-0.1, -0.05) is 62.4 Å². The van der Waals surface area contributed by atoms with Crippen LogP contribution in [0.1, 0.15) is 25.8 Å². The van der Waals surface area contributed by atoms with Crippen molar-refractivity contribution >= 4 is 21.5 Å². The average Bonchev–Trinajstić information content (AvgIpc) is 2.68. The van der Waals surface area contributed by atoms with Crippen molar-refractivity contribution in [2.24, 2.45) is 0 Å². The summed E-state index contributed by atoms with van der Waals surface area (Å²) in [6, 6.07) is 19.4. The van der Waals surface area contributed by atoms with Crippen molar-refractivity contribution in [3.63, 3.8) is 0 Å². The first-order chi connectivity index (χ1) is 12.4. The second kappa shape index (κ2) is 13.4. The number of hydrogen-bond acceptors (Lipinski definition) is 2. The van der Waals surface area contributed by atoms with Gasteiger partial charge in [0, 0.05) is 13.2 Å². The Morgan fingerprint density at radius 2 is 1.58 bits per heavy atom. The van der Waals surface area contributed by atoms with Crippen molar-refractivity contribution in [3.8, 4) is 0 Å². The molecule has 3 nitrogen and oxygen atoms in total. The summed E-state index contributed by atoms with van der Waals surface area (Å²) in [6.45, 7) is 9.83. The predicted octanol–water partition coefficient (Wildman–Crippen LogP) is 2.95. The molecule has 1 N–H and O–H groups in total. The summed E-state index contributed by atoms with van der Waals surface area (Å²) in [5, 5.41) is 8.72. The summed E-state index contributed by atoms with van der Waals surface area (Å²) >= 11 is 0. The summed E-state index contributed by atoms with van der Waals surface area (Å²) in [4.78, 5) is 5.04. The minimum absolute atomic E-state index is 0. The van der Waals surface area contributed by atoms with Gasteiger partial charge in [-0.05, 0) is 46.1 Å². The van der Waals surface area contributed by atoms with Crippen LogP contribution in [-0.2, 0) is 11.4 Å². The van der Waals surface area contributed by atoms with Crippen LogP contribution in [0.2, 0.25) is 0 Å². The van der Waals surface area contributed by atoms with Gasteiger partial charge < -0.3 is 15.6 Å². The van der Waals surface area contributed by atoms with Gasteiger partial charge in [-0.3, -0.25) is 0 Å². The van der Waals surface area contributed by atoms with E-state index in [1.165, 1.54) is 33.3 Å². The number of hydrogen-bond donors (Lipinski definition) is 1. The minimum Gasteiger partial charge on any atom is -0.569 e. The second-order valence-corrected chi connectivity index (χ2v) is 5.45. The number of nitrogens with one attached hydrogen (secondary N) is 1. The normalized spacial score (nSPS) is 9.92. The molecule has 3 rings (SSSR count). The monoisotopic (exact) mass is 374 g/mol. The minimum atomic E-state index is 0. The van der Waals surface area contributed by atoms with Crippen molar-refractivity contribution in [2.45, 2.75) is 26.8 Å². The van der Waals surface area contributed by atoms with Crippen molar-refractivity contribution in [3.05, 3.63) is 78.4 Å². The summed E-state index contributed by atoms with van der Waals surface area (Å²) in [6.07, 6.45) is 2.33. The zero-order chi connectivity index (χ0) is 17.9. The average molecular weight is 375 g/mol. The van der Waals surface area contributed by atoms with Gasteiger partial charge in [0.25, 0.3) is 0 Å². The topological polar surface area (TPSA) is 35.4 Å². The molecule has 0 aliphatic carbocycles. The summed E-state index contributed by atoms with van der Waals surface area (Å²) in [5.41, 5.74) is 5.00. The standard InChI is InChI=1S/C20H21N2O.C2H6.K/c1-2-22-23-13-7-12-21-15-20-18-10-5-3-8-16(18)14-17-9-4-6-11-19(17)20;1-2;/h2-6,8-11,14,21H,1,7,12-13,15H2;1-2H3;/q-1;;+1. The molecule has 0 spiro atoms. The first-order valence-corrected chi connectivity index (χ1v) is 8.93. The van der Waals surface area contributed by atoms with E-state index in [1.807, 2.05) is 13.8 Å². The third kappa shape index (κ3) is 6.46. The molecule has 26 heavy (non-hydrogen) atoms. The largest absolute Gasteiger partial charge is 1.00 e. The quantitative estimate of drug-likeness (QED) is 0.285. The van der Waals surface area contributed by atoms with E-state index in [2.05, 4.69) is 72.0 Å². The third-order valence-corrected chi connectivity index (χ3v) is 3.92. The molecule has 0 fully saturated rings. The summed E-state index contributed by atoms with van der Waals surface area (Å²) < 4.78 is 0. The Balaban J connectivity index is 0.00000109. The van der Waals surface area contributed by atoms with E-state index in [-0.39, 0.29) is 51.4 Å². The molecule has 0 radical (unpaired) electrons. The summed E-state index contributed by atoms with van der Waals surface area (Å²) in [7, 11) is 0. The zero-order valence-electron chi connectivity index (χ0n) is 16.2. The van der Waals surface area contributed by atoms with Gasteiger partial charge in [-0.15, -0.1) is 6.58 Å². The van der Waals surface area contributed by atoms with Crippen molar-refractivity contribution in [2.75, 3.05) is 13.2 Å². The maximum Gasteiger partial charge on any atom is 1.00 e. The maximum absolute atomic E-state index is 5.04. The van der Waals surface area contributed by atoms with Crippen LogP contribution in [0.15, 0.2) is 67.4 Å². The van der Waals surface area contributed by atoms with E-state index in [1.54, 1.807) is 0 Å². The van der Waals surface area contributed by atoms with E-state index in [0.29, 0.717) is 6.61 Å². The first kappa shape index (κ1) is 23.3. The molecule has 0 heterocycles. The molecule has 132 valence electrons. The molecule has 4 heteroatoms. The Morgan fingerprint density at radius 3 is 2.15 bits per heavy atom. The van der Waals surface area contributed by atoms with E-state index >= 15 is 0 Å². The van der Waals surface area contributed by atoms with Gasteiger partial charge in [-0.25, -0.2) is 0 Å². The van der Waals surface area contributed by atoms with Gasteiger partial charge in [0.05, 0.1) is 0 Å². The Morgan fingerprint density at radius 1 is 1.00 bits per heavy atom. The number of rotatable bonds is 8. The molecule has 0 aromatic heterocycles. The van der Waals surface area contributed by atoms with E-state index < -0.39 is 0 Å².